The van der Waals surface area contributed by atoms with Crippen molar-refractivity contribution in [1.82, 2.24) is 0 Å². The molecule has 0 amide bonds. The number of carbonyl (C=O) groups excluding carboxylic acids is 2. The predicted molar refractivity (Wildman–Crippen MR) is 106 cm³/mol. The van der Waals surface area contributed by atoms with Gasteiger partial charge >= 0.3 is 5.97 Å². The highest BCUT2D eigenvalue weighted by Gasteiger charge is 2.30. The van der Waals surface area contributed by atoms with Crippen LogP contribution in [0.5, 0.6) is 0 Å². The van der Waals surface area contributed by atoms with Crippen molar-refractivity contribution in [1.29, 1.82) is 5.26 Å². The Morgan fingerprint density at radius 1 is 1.07 bits per heavy atom. The third-order valence-electron chi connectivity index (χ3n) is 4.17. The Morgan fingerprint density at radius 2 is 1.74 bits per heavy atom. The number of carbonyl (C=O) groups is 2. The Bertz CT molecular complexity index is 845. The van der Waals surface area contributed by atoms with E-state index in [0.29, 0.717) is 24.0 Å². The van der Waals surface area contributed by atoms with E-state index in [1.54, 1.807) is 37.3 Å². The lowest BCUT2D eigenvalue weighted by molar-refractivity contribution is -0.150. The van der Waals surface area contributed by atoms with Gasteiger partial charge < -0.3 is 4.74 Å². The molecule has 0 fully saturated rings. The summed E-state index contributed by atoms with van der Waals surface area (Å²) in [6.45, 7) is 3.91. The molecule has 2 rings (SSSR count). The van der Waals surface area contributed by atoms with Gasteiger partial charge in [0.1, 0.15) is 5.92 Å². The van der Waals surface area contributed by atoms with Gasteiger partial charge in [-0.05, 0) is 42.7 Å². The van der Waals surface area contributed by atoms with E-state index < -0.39 is 11.9 Å². The first-order chi connectivity index (χ1) is 13.1. The number of esters is 1. The number of Topliss-reactive ketones (excluding diaryl/α,β-unsaturated/α-hetero) is 1. The van der Waals surface area contributed by atoms with Gasteiger partial charge in [-0.2, -0.15) is 5.26 Å². The van der Waals surface area contributed by atoms with E-state index in [9.17, 15) is 9.59 Å². The SMILES string of the molecule is CCCC(C(=O)OCC)C(=O)/C(=C/c1ccc(C#N)cc1)c1ccccc1. The first kappa shape index (κ1) is 20.1. The Balaban J connectivity index is 2.48. The molecular weight excluding hydrogens is 338 g/mol. The van der Waals surface area contributed by atoms with Gasteiger partial charge in [-0.3, -0.25) is 9.59 Å². The summed E-state index contributed by atoms with van der Waals surface area (Å²) in [5, 5.41) is 8.95. The van der Waals surface area contributed by atoms with Crippen LogP contribution in [0.2, 0.25) is 0 Å². The van der Waals surface area contributed by atoms with Crippen LogP contribution < -0.4 is 0 Å². The van der Waals surface area contributed by atoms with Crippen LogP contribution in [-0.2, 0) is 14.3 Å². The van der Waals surface area contributed by atoms with Crippen molar-refractivity contribution in [3.05, 3.63) is 71.3 Å². The zero-order valence-corrected chi connectivity index (χ0v) is 15.6. The lowest BCUT2D eigenvalue weighted by Gasteiger charge is -2.16. The maximum absolute atomic E-state index is 13.3. The lowest BCUT2D eigenvalue weighted by Crippen LogP contribution is -2.27. The maximum atomic E-state index is 13.3. The van der Waals surface area contributed by atoms with E-state index in [4.69, 9.17) is 10.00 Å². The molecule has 0 bridgehead atoms. The summed E-state index contributed by atoms with van der Waals surface area (Å²) in [6, 6.07) is 18.3. The summed E-state index contributed by atoms with van der Waals surface area (Å²) in [7, 11) is 0. The molecule has 0 aliphatic carbocycles. The molecule has 27 heavy (non-hydrogen) atoms. The zero-order valence-electron chi connectivity index (χ0n) is 15.6. The standard InChI is InChI=1S/C23H23NO3/c1-3-8-20(23(26)27-4-2)22(25)21(19-9-6-5-7-10-19)15-17-11-13-18(16-24)14-12-17/h5-7,9-15,20H,3-4,8H2,1-2H3/b21-15+. The highest BCUT2D eigenvalue weighted by atomic mass is 16.5. The van der Waals surface area contributed by atoms with Gasteiger partial charge in [-0.15, -0.1) is 0 Å². The summed E-state index contributed by atoms with van der Waals surface area (Å²) < 4.78 is 5.12. The molecule has 1 atom stereocenters. The van der Waals surface area contributed by atoms with E-state index in [1.165, 1.54) is 0 Å². The van der Waals surface area contributed by atoms with Crippen LogP contribution >= 0.6 is 0 Å². The van der Waals surface area contributed by atoms with Crippen LogP contribution in [0.1, 0.15) is 43.4 Å². The quantitative estimate of drug-likeness (QED) is 0.297. The normalized spacial score (nSPS) is 12.1. The van der Waals surface area contributed by atoms with Gasteiger partial charge in [0.05, 0.1) is 18.2 Å². The monoisotopic (exact) mass is 361 g/mol. The average molecular weight is 361 g/mol. The van der Waals surface area contributed by atoms with Crippen LogP contribution in [0.25, 0.3) is 11.6 Å². The lowest BCUT2D eigenvalue weighted by atomic mass is 9.88. The van der Waals surface area contributed by atoms with Crippen molar-refractivity contribution in [3.63, 3.8) is 0 Å². The molecule has 1 unspecified atom stereocenters. The molecule has 2 aromatic rings. The van der Waals surface area contributed by atoms with E-state index in [0.717, 1.165) is 11.1 Å². The molecule has 0 spiro atoms. The minimum atomic E-state index is -0.820. The Hall–Kier alpha value is -3.19. The highest BCUT2D eigenvalue weighted by Crippen LogP contribution is 2.25. The minimum absolute atomic E-state index is 0.242. The number of hydrogen-bond acceptors (Lipinski definition) is 4. The van der Waals surface area contributed by atoms with Gasteiger partial charge in [0.25, 0.3) is 0 Å². The molecular formula is C23H23NO3. The second-order valence-electron chi connectivity index (χ2n) is 6.12. The number of ketones is 1. The second kappa shape index (κ2) is 10.1. The van der Waals surface area contributed by atoms with Gasteiger partial charge in [-0.25, -0.2) is 0 Å². The molecule has 0 saturated carbocycles. The van der Waals surface area contributed by atoms with Gasteiger partial charge in [-0.1, -0.05) is 55.8 Å². The molecule has 0 aliphatic rings. The number of nitrogens with zero attached hydrogens (tertiary/aromatic N) is 1. The molecule has 4 nitrogen and oxygen atoms in total. The Morgan fingerprint density at radius 3 is 2.30 bits per heavy atom. The number of hydrogen-bond donors (Lipinski definition) is 0. The first-order valence-electron chi connectivity index (χ1n) is 9.08. The first-order valence-corrected chi connectivity index (χ1v) is 9.08. The number of benzene rings is 2. The molecule has 4 heteroatoms. The summed E-state index contributed by atoms with van der Waals surface area (Å²) >= 11 is 0. The van der Waals surface area contributed by atoms with Crippen LogP contribution in [0.15, 0.2) is 54.6 Å². The van der Waals surface area contributed by atoms with Crippen LogP contribution in [0.3, 0.4) is 0 Å². The van der Waals surface area contributed by atoms with Crippen molar-refractivity contribution >= 4 is 23.4 Å². The number of ether oxygens (including phenoxy) is 1. The third kappa shape index (κ3) is 5.39. The Labute approximate surface area is 160 Å². The van der Waals surface area contributed by atoms with Gasteiger partial charge in [0.2, 0.25) is 0 Å². The molecule has 0 aliphatic heterocycles. The molecule has 0 heterocycles. The molecule has 0 N–H and O–H groups in total. The van der Waals surface area contributed by atoms with Crippen molar-refractivity contribution in [2.24, 2.45) is 5.92 Å². The van der Waals surface area contributed by atoms with Crippen molar-refractivity contribution in [2.75, 3.05) is 6.61 Å². The second-order valence-corrected chi connectivity index (χ2v) is 6.12. The van der Waals surface area contributed by atoms with E-state index in [1.807, 2.05) is 37.3 Å². The smallest absolute Gasteiger partial charge is 0.316 e. The summed E-state index contributed by atoms with van der Waals surface area (Å²) in [6.07, 6.45) is 2.91. The number of rotatable bonds is 8. The predicted octanol–water partition coefficient (Wildman–Crippen LogP) is 4.65. The number of nitriles is 1. The molecule has 0 radical (unpaired) electrons. The van der Waals surface area contributed by atoms with E-state index in [2.05, 4.69) is 6.07 Å². The van der Waals surface area contributed by atoms with E-state index in [-0.39, 0.29) is 12.4 Å². The maximum Gasteiger partial charge on any atom is 0.316 e. The van der Waals surface area contributed by atoms with E-state index >= 15 is 0 Å². The van der Waals surface area contributed by atoms with Crippen LogP contribution in [0, 0.1) is 17.2 Å². The highest BCUT2D eigenvalue weighted by molar-refractivity contribution is 6.30. The van der Waals surface area contributed by atoms with Gasteiger partial charge in [0.15, 0.2) is 5.78 Å². The zero-order chi connectivity index (χ0) is 19.6. The largest absolute Gasteiger partial charge is 0.465 e. The number of allylic oxidation sites excluding steroid dienone is 1. The fourth-order valence-corrected chi connectivity index (χ4v) is 2.81. The van der Waals surface area contributed by atoms with Crippen molar-refractivity contribution in [3.8, 4) is 6.07 Å². The minimum Gasteiger partial charge on any atom is -0.465 e. The fraction of sp³-hybridized carbons (Fsp3) is 0.261. The summed E-state index contributed by atoms with van der Waals surface area (Å²) in [5.74, 6) is -1.54. The third-order valence-corrected chi connectivity index (χ3v) is 4.17. The molecule has 138 valence electrons. The van der Waals surface area contributed by atoms with Crippen LogP contribution in [0.4, 0.5) is 0 Å². The topological polar surface area (TPSA) is 67.2 Å². The Kier molecular flexibility index (Phi) is 7.51. The van der Waals surface area contributed by atoms with Crippen molar-refractivity contribution < 1.29 is 14.3 Å². The molecule has 0 aromatic heterocycles. The molecule has 2 aromatic carbocycles. The van der Waals surface area contributed by atoms with Crippen LogP contribution in [-0.4, -0.2) is 18.4 Å². The summed E-state index contributed by atoms with van der Waals surface area (Å²) in [4.78, 5) is 25.6. The van der Waals surface area contributed by atoms with Crippen molar-refractivity contribution in [2.45, 2.75) is 26.7 Å². The van der Waals surface area contributed by atoms with Gasteiger partial charge in [0, 0.05) is 5.57 Å². The summed E-state index contributed by atoms with van der Waals surface area (Å²) in [5.41, 5.74) is 2.56. The average Bonchev–Trinajstić information content (AvgIpc) is 2.71. The molecule has 0 saturated heterocycles. The fourth-order valence-electron chi connectivity index (χ4n) is 2.81.